The van der Waals surface area contributed by atoms with E-state index in [0.717, 1.165) is 0 Å². The third-order valence-electron chi connectivity index (χ3n) is 1.21. The van der Waals surface area contributed by atoms with E-state index in [1.807, 2.05) is 13.0 Å². The molecule has 0 fully saturated rings. The topological polar surface area (TPSA) is 87.9 Å². The minimum absolute atomic E-state index is 0.198. The van der Waals surface area contributed by atoms with Crippen molar-refractivity contribution in [3.8, 4) is 6.07 Å². The predicted octanol–water partition coefficient (Wildman–Crippen LogP) is 0.394. The normalized spacial score (nSPS) is 9.18. The van der Waals surface area contributed by atoms with E-state index in [1.54, 1.807) is 0 Å². The zero-order valence-corrected chi connectivity index (χ0v) is 6.09. The number of aromatic nitrogens is 1. The van der Waals surface area contributed by atoms with Crippen LogP contribution >= 0.6 is 0 Å². The fraction of sp³-hybridized carbons (Fsp3) is 0.333. The van der Waals surface area contributed by atoms with Gasteiger partial charge in [-0.1, -0.05) is 6.92 Å². The largest absolute Gasteiger partial charge is 0.422 e. The lowest BCUT2D eigenvalue weighted by Gasteiger charge is -1.89. The third-order valence-corrected chi connectivity index (χ3v) is 1.21. The Hall–Kier alpha value is -1.54. The summed E-state index contributed by atoms with van der Waals surface area (Å²) in [6.07, 6.45) is 0.649. The maximum atomic E-state index is 8.49. The highest BCUT2D eigenvalue weighted by Gasteiger charge is 2.09. The number of nitrogens with zero attached hydrogens (tertiary/aromatic N) is 2. The zero-order valence-electron chi connectivity index (χ0n) is 6.09. The van der Waals surface area contributed by atoms with Crippen molar-refractivity contribution < 1.29 is 4.42 Å². The molecule has 58 valence electrons. The molecule has 1 rings (SSSR count). The van der Waals surface area contributed by atoms with Crippen molar-refractivity contribution in [1.29, 1.82) is 5.26 Å². The van der Waals surface area contributed by atoms with Gasteiger partial charge in [-0.15, -0.1) is 0 Å². The van der Waals surface area contributed by atoms with Crippen LogP contribution in [0.4, 0.5) is 5.88 Å². The Labute approximate surface area is 63.8 Å². The fourth-order valence-electron chi connectivity index (χ4n) is 0.689. The van der Waals surface area contributed by atoms with Crippen LogP contribution in [0, 0.1) is 11.3 Å². The number of nitrogens with two attached hydrogens (primary N) is 1. The SMILES string of the molecule is CCc1nc(C#N)c(NN)o1. The van der Waals surface area contributed by atoms with Gasteiger partial charge in [0.15, 0.2) is 5.89 Å². The minimum Gasteiger partial charge on any atom is -0.422 e. The number of aryl methyl sites for hydroxylation is 1. The number of nitrogens with one attached hydrogen (secondary N) is 1. The van der Waals surface area contributed by atoms with Crippen LogP contribution in [0.15, 0.2) is 4.42 Å². The molecule has 1 aromatic rings. The number of oxazole rings is 1. The van der Waals surface area contributed by atoms with Crippen LogP contribution in [0.25, 0.3) is 0 Å². The van der Waals surface area contributed by atoms with E-state index in [4.69, 9.17) is 15.5 Å². The van der Waals surface area contributed by atoms with Crippen LogP contribution in [0.2, 0.25) is 0 Å². The molecule has 0 aromatic carbocycles. The molecule has 11 heavy (non-hydrogen) atoms. The van der Waals surface area contributed by atoms with Crippen LogP contribution in [0.3, 0.4) is 0 Å². The van der Waals surface area contributed by atoms with E-state index in [0.29, 0.717) is 12.3 Å². The Morgan fingerprint density at radius 3 is 2.91 bits per heavy atom. The van der Waals surface area contributed by atoms with Crippen molar-refractivity contribution >= 4 is 5.88 Å². The highest BCUT2D eigenvalue weighted by atomic mass is 16.4. The van der Waals surface area contributed by atoms with E-state index < -0.39 is 0 Å². The first-order chi connectivity index (χ1) is 5.31. The van der Waals surface area contributed by atoms with Crippen molar-refractivity contribution in [2.75, 3.05) is 5.43 Å². The molecule has 0 amide bonds. The molecule has 0 unspecified atom stereocenters. The second-order valence-corrected chi connectivity index (χ2v) is 1.90. The van der Waals surface area contributed by atoms with Crippen LogP contribution in [-0.4, -0.2) is 4.98 Å². The first kappa shape index (κ1) is 7.57. The summed E-state index contributed by atoms with van der Waals surface area (Å²) in [7, 11) is 0. The van der Waals surface area contributed by atoms with Gasteiger partial charge in [-0.25, -0.2) is 10.8 Å². The number of hydrogen-bond donors (Lipinski definition) is 2. The van der Waals surface area contributed by atoms with Gasteiger partial charge in [0, 0.05) is 6.42 Å². The summed E-state index contributed by atoms with van der Waals surface area (Å²) < 4.78 is 5.03. The first-order valence-corrected chi connectivity index (χ1v) is 3.18. The van der Waals surface area contributed by atoms with E-state index in [-0.39, 0.29) is 11.6 Å². The third kappa shape index (κ3) is 1.30. The lowest BCUT2D eigenvalue weighted by atomic mass is 10.5. The van der Waals surface area contributed by atoms with Crippen molar-refractivity contribution in [1.82, 2.24) is 4.98 Å². The lowest BCUT2D eigenvalue weighted by molar-refractivity contribution is 0.513. The Bertz CT molecular complexity index is 285. The quantitative estimate of drug-likeness (QED) is 0.473. The second-order valence-electron chi connectivity index (χ2n) is 1.90. The van der Waals surface area contributed by atoms with E-state index >= 15 is 0 Å². The highest BCUT2D eigenvalue weighted by molar-refractivity contribution is 5.43. The monoisotopic (exact) mass is 152 g/mol. The zero-order chi connectivity index (χ0) is 8.27. The Morgan fingerprint density at radius 1 is 1.82 bits per heavy atom. The molecular weight excluding hydrogens is 144 g/mol. The molecule has 5 nitrogen and oxygen atoms in total. The molecule has 0 saturated heterocycles. The Balaban J connectivity index is 3.05. The van der Waals surface area contributed by atoms with Gasteiger partial charge in [-0.05, 0) is 0 Å². The lowest BCUT2D eigenvalue weighted by Crippen LogP contribution is -2.06. The standard InChI is InChI=1S/C6H8N4O/c1-2-5-9-4(3-7)6(10-8)11-5/h10H,2,8H2,1H3. The van der Waals surface area contributed by atoms with E-state index in [1.165, 1.54) is 0 Å². The first-order valence-electron chi connectivity index (χ1n) is 3.18. The minimum atomic E-state index is 0.198. The summed E-state index contributed by atoms with van der Waals surface area (Å²) in [6.45, 7) is 1.88. The van der Waals surface area contributed by atoms with E-state index in [9.17, 15) is 0 Å². The molecule has 1 aromatic heterocycles. The van der Waals surface area contributed by atoms with Gasteiger partial charge < -0.3 is 4.42 Å². The summed E-state index contributed by atoms with van der Waals surface area (Å²) >= 11 is 0. The molecule has 0 bridgehead atoms. The van der Waals surface area contributed by atoms with Crippen molar-refractivity contribution in [2.45, 2.75) is 13.3 Å². The van der Waals surface area contributed by atoms with Gasteiger partial charge in [0.2, 0.25) is 11.6 Å². The number of nitriles is 1. The molecule has 0 saturated carbocycles. The number of nitrogen functional groups attached to an aromatic ring is 1. The molecule has 0 radical (unpaired) electrons. The van der Waals surface area contributed by atoms with Gasteiger partial charge in [0.1, 0.15) is 6.07 Å². The maximum Gasteiger partial charge on any atom is 0.246 e. The molecule has 5 heteroatoms. The summed E-state index contributed by atoms with van der Waals surface area (Å²) in [5.74, 6) is 5.79. The van der Waals surface area contributed by atoms with Crippen molar-refractivity contribution in [2.24, 2.45) is 5.84 Å². The van der Waals surface area contributed by atoms with Gasteiger partial charge in [0.25, 0.3) is 0 Å². The molecule has 0 aliphatic carbocycles. The van der Waals surface area contributed by atoms with Gasteiger partial charge in [-0.3, -0.25) is 5.43 Å². The van der Waals surface area contributed by atoms with E-state index in [2.05, 4.69) is 10.4 Å². The number of hydrazine groups is 1. The maximum absolute atomic E-state index is 8.49. The molecule has 0 aliphatic heterocycles. The van der Waals surface area contributed by atoms with Gasteiger partial charge in [-0.2, -0.15) is 5.26 Å². The molecule has 3 N–H and O–H groups in total. The van der Waals surface area contributed by atoms with Gasteiger partial charge in [0.05, 0.1) is 0 Å². The van der Waals surface area contributed by atoms with Crippen LogP contribution < -0.4 is 11.3 Å². The smallest absolute Gasteiger partial charge is 0.246 e. The molecule has 1 heterocycles. The predicted molar refractivity (Wildman–Crippen MR) is 38.4 cm³/mol. The van der Waals surface area contributed by atoms with Gasteiger partial charge >= 0.3 is 0 Å². The summed E-state index contributed by atoms with van der Waals surface area (Å²) in [6, 6.07) is 1.85. The van der Waals surface area contributed by atoms with Crippen LogP contribution in [0.1, 0.15) is 18.5 Å². The summed E-state index contributed by atoms with van der Waals surface area (Å²) in [5, 5.41) is 8.49. The Kier molecular flexibility index (Phi) is 2.09. The van der Waals surface area contributed by atoms with Crippen molar-refractivity contribution in [3.05, 3.63) is 11.6 Å². The second kappa shape index (κ2) is 3.03. The molecular formula is C6H8N4O. The molecule has 0 spiro atoms. The van der Waals surface area contributed by atoms with Crippen LogP contribution in [0.5, 0.6) is 0 Å². The average Bonchev–Trinajstić information content (AvgIpc) is 2.46. The Morgan fingerprint density at radius 2 is 2.55 bits per heavy atom. The number of anilines is 1. The molecule has 0 aliphatic rings. The summed E-state index contributed by atoms with van der Waals surface area (Å²) in [4.78, 5) is 3.85. The average molecular weight is 152 g/mol. The highest BCUT2D eigenvalue weighted by Crippen LogP contribution is 2.14. The van der Waals surface area contributed by atoms with Crippen molar-refractivity contribution in [3.63, 3.8) is 0 Å². The summed E-state index contributed by atoms with van der Waals surface area (Å²) in [5.41, 5.74) is 2.45. The fourth-order valence-corrected chi connectivity index (χ4v) is 0.689. The van der Waals surface area contributed by atoms with Crippen LogP contribution in [-0.2, 0) is 6.42 Å². The number of rotatable bonds is 2. The number of hydrogen-bond acceptors (Lipinski definition) is 5. The molecule has 0 atom stereocenters.